The summed E-state index contributed by atoms with van der Waals surface area (Å²) in [6.45, 7) is 8.14. The monoisotopic (exact) mass is 330 g/mol. The molecule has 23 heavy (non-hydrogen) atoms. The number of ether oxygens (including phenoxy) is 1. The third-order valence-corrected chi connectivity index (χ3v) is 5.23. The molecule has 3 rings (SSSR count). The molecule has 0 amide bonds. The van der Waals surface area contributed by atoms with Gasteiger partial charge in [0.1, 0.15) is 0 Å². The summed E-state index contributed by atoms with van der Waals surface area (Å²) in [4.78, 5) is 16.7. The molecule has 1 aromatic carbocycles. The molecule has 2 heterocycles. The van der Waals surface area contributed by atoms with E-state index in [9.17, 15) is 4.79 Å². The van der Waals surface area contributed by atoms with Gasteiger partial charge in [-0.05, 0) is 31.4 Å². The van der Waals surface area contributed by atoms with E-state index in [0.29, 0.717) is 6.42 Å². The van der Waals surface area contributed by atoms with Gasteiger partial charge >= 0.3 is 5.97 Å². The Labute approximate surface area is 140 Å². The molecule has 2 unspecified atom stereocenters. The summed E-state index contributed by atoms with van der Waals surface area (Å²) in [5.74, 6) is 0.130. The van der Waals surface area contributed by atoms with E-state index < -0.39 is 5.60 Å². The fourth-order valence-corrected chi connectivity index (χ4v) is 3.75. The molecule has 1 aliphatic rings. The Morgan fingerprint density at radius 2 is 2.13 bits per heavy atom. The highest BCUT2D eigenvalue weighted by molar-refractivity contribution is 7.13. The van der Waals surface area contributed by atoms with Crippen LogP contribution in [0.15, 0.2) is 29.6 Å². The third-order valence-electron chi connectivity index (χ3n) is 4.48. The van der Waals surface area contributed by atoms with Crippen LogP contribution >= 0.6 is 11.3 Å². The van der Waals surface area contributed by atoms with Gasteiger partial charge < -0.3 is 10.1 Å². The molecule has 0 saturated carbocycles. The van der Waals surface area contributed by atoms with Gasteiger partial charge in [0.2, 0.25) is 0 Å². The maximum absolute atomic E-state index is 12.1. The van der Waals surface area contributed by atoms with Gasteiger partial charge in [0.15, 0.2) is 10.7 Å². The van der Waals surface area contributed by atoms with Crippen LogP contribution in [0.25, 0.3) is 0 Å². The molecule has 1 aliphatic heterocycles. The number of hydrogen-bond acceptors (Lipinski definition) is 5. The minimum Gasteiger partial charge on any atom is -0.453 e. The van der Waals surface area contributed by atoms with E-state index >= 15 is 0 Å². The van der Waals surface area contributed by atoms with Crippen LogP contribution in [0.2, 0.25) is 0 Å². The lowest BCUT2D eigenvalue weighted by molar-refractivity contribution is -0.151. The van der Waals surface area contributed by atoms with Crippen LogP contribution in [0.4, 0.5) is 10.8 Å². The number of para-hydroxylation sites is 1. The number of nitrogens with zero attached hydrogens (tertiary/aromatic N) is 1. The van der Waals surface area contributed by atoms with Crippen molar-refractivity contribution in [2.45, 2.75) is 39.7 Å². The van der Waals surface area contributed by atoms with E-state index in [1.165, 1.54) is 16.9 Å². The van der Waals surface area contributed by atoms with Gasteiger partial charge in [0.25, 0.3) is 0 Å². The van der Waals surface area contributed by atoms with Crippen LogP contribution in [-0.2, 0) is 15.1 Å². The molecular weight excluding hydrogens is 308 g/mol. The highest BCUT2D eigenvalue weighted by Gasteiger charge is 2.47. The summed E-state index contributed by atoms with van der Waals surface area (Å²) in [7, 11) is 0. The number of rotatable bonds is 4. The fraction of sp³-hybridized carbons (Fsp3) is 0.444. The Balaban J connectivity index is 1.80. The topological polar surface area (TPSA) is 51.2 Å². The van der Waals surface area contributed by atoms with Crippen molar-refractivity contribution in [3.8, 4) is 0 Å². The quantitative estimate of drug-likeness (QED) is 0.831. The number of carbonyl (C=O) groups excluding carboxylic acids is 1. The minimum atomic E-state index is -0.617. The number of nitrogens with one attached hydrogen (secondary N) is 1. The van der Waals surface area contributed by atoms with Gasteiger partial charge in [-0.25, -0.2) is 4.98 Å². The Morgan fingerprint density at radius 3 is 2.78 bits per heavy atom. The summed E-state index contributed by atoms with van der Waals surface area (Å²) in [5.41, 5.74) is 2.42. The number of aryl methyl sites for hydroxylation is 1. The molecule has 0 radical (unpaired) electrons. The second-order valence-electron chi connectivity index (χ2n) is 6.68. The Hall–Kier alpha value is -1.88. The first-order valence-corrected chi connectivity index (χ1v) is 8.78. The molecule has 1 saturated heterocycles. The molecule has 0 aliphatic carbocycles. The van der Waals surface area contributed by atoms with E-state index in [1.807, 2.05) is 30.5 Å². The lowest BCUT2D eigenvalue weighted by Gasteiger charge is -2.20. The number of cyclic esters (lactones) is 1. The zero-order valence-electron chi connectivity index (χ0n) is 13.9. The van der Waals surface area contributed by atoms with Crippen molar-refractivity contribution in [2.24, 2.45) is 11.8 Å². The minimum absolute atomic E-state index is 0.0468. The van der Waals surface area contributed by atoms with Crippen molar-refractivity contribution in [1.82, 2.24) is 4.98 Å². The summed E-state index contributed by atoms with van der Waals surface area (Å²) in [6.07, 6.45) is 0.692. The number of thiazole rings is 1. The van der Waals surface area contributed by atoms with E-state index in [0.717, 1.165) is 16.5 Å². The van der Waals surface area contributed by atoms with Gasteiger partial charge in [-0.15, -0.1) is 11.3 Å². The lowest BCUT2D eigenvalue weighted by Crippen LogP contribution is -2.21. The number of hydrogen-bond donors (Lipinski definition) is 1. The first-order chi connectivity index (χ1) is 10.9. The molecule has 2 atom stereocenters. The first kappa shape index (κ1) is 16.0. The van der Waals surface area contributed by atoms with Crippen molar-refractivity contribution < 1.29 is 9.53 Å². The molecule has 1 fully saturated rings. The van der Waals surface area contributed by atoms with E-state index in [-0.39, 0.29) is 17.8 Å². The third kappa shape index (κ3) is 3.11. The zero-order valence-corrected chi connectivity index (χ0v) is 14.7. The van der Waals surface area contributed by atoms with Crippen LogP contribution in [0.5, 0.6) is 0 Å². The molecule has 0 spiro atoms. The van der Waals surface area contributed by atoms with Crippen molar-refractivity contribution in [3.63, 3.8) is 0 Å². The number of anilines is 2. The average molecular weight is 330 g/mol. The van der Waals surface area contributed by atoms with Gasteiger partial charge in [0, 0.05) is 17.5 Å². The van der Waals surface area contributed by atoms with E-state index in [1.54, 1.807) is 0 Å². The Morgan fingerprint density at radius 1 is 1.39 bits per heavy atom. The summed E-state index contributed by atoms with van der Waals surface area (Å²) in [6, 6.07) is 8.10. The molecule has 2 aromatic rings. The average Bonchev–Trinajstić information content (AvgIpc) is 3.07. The highest BCUT2D eigenvalue weighted by atomic mass is 32.1. The number of esters is 1. The molecule has 0 bridgehead atoms. The van der Waals surface area contributed by atoms with Crippen molar-refractivity contribution >= 4 is 28.1 Å². The van der Waals surface area contributed by atoms with Gasteiger partial charge in [-0.2, -0.15) is 0 Å². The Kier molecular flexibility index (Phi) is 4.15. The normalized spacial score (nSPS) is 24.0. The van der Waals surface area contributed by atoms with Crippen LogP contribution < -0.4 is 5.32 Å². The molecule has 5 heteroatoms. The van der Waals surface area contributed by atoms with Crippen molar-refractivity contribution in [3.05, 3.63) is 40.9 Å². The fourth-order valence-electron chi connectivity index (χ4n) is 2.91. The maximum Gasteiger partial charge on any atom is 0.310 e. The van der Waals surface area contributed by atoms with Gasteiger partial charge in [0.05, 0.1) is 11.6 Å². The highest BCUT2D eigenvalue weighted by Crippen LogP contribution is 2.43. The summed E-state index contributed by atoms with van der Waals surface area (Å²) in [5, 5.41) is 6.15. The smallest absolute Gasteiger partial charge is 0.310 e. The molecule has 122 valence electrons. The van der Waals surface area contributed by atoms with E-state index in [2.05, 4.69) is 37.1 Å². The molecule has 4 nitrogen and oxygen atoms in total. The predicted molar refractivity (Wildman–Crippen MR) is 93.0 cm³/mol. The van der Waals surface area contributed by atoms with Gasteiger partial charge in [-0.3, -0.25) is 4.79 Å². The van der Waals surface area contributed by atoms with Crippen molar-refractivity contribution in [2.75, 3.05) is 5.32 Å². The van der Waals surface area contributed by atoms with Crippen LogP contribution in [0, 0.1) is 18.8 Å². The number of benzene rings is 1. The zero-order chi connectivity index (χ0) is 16.6. The molecule has 1 N–H and O–H groups in total. The van der Waals surface area contributed by atoms with E-state index in [4.69, 9.17) is 4.74 Å². The number of aromatic nitrogens is 1. The molecule has 1 aromatic heterocycles. The maximum atomic E-state index is 12.1. The van der Waals surface area contributed by atoms with Crippen molar-refractivity contribution in [1.29, 1.82) is 0 Å². The van der Waals surface area contributed by atoms with Crippen LogP contribution in [0.3, 0.4) is 0 Å². The predicted octanol–water partition coefficient (Wildman–Crippen LogP) is 4.63. The second kappa shape index (κ2) is 5.96. The Bertz CT molecular complexity index is 725. The number of carbonyl (C=O) groups is 1. The summed E-state index contributed by atoms with van der Waals surface area (Å²) < 4.78 is 5.67. The molecular formula is C18H22N2O2S. The van der Waals surface area contributed by atoms with Crippen LogP contribution in [0.1, 0.15) is 38.4 Å². The largest absolute Gasteiger partial charge is 0.453 e. The second-order valence-corrected chi connectivity index (χ2v) is 7.54. The first-order valence-electron chi connectivity index (χ1n) is 7.90. The standard InChI is InChI=1S/C18H22N2O2S/c1-11(2)13-9-18(4,22-16(13)21)15-10-23-17(20-15)19-14-8-6-5-7-12(14)3/h5-8,10-11,13H,9H2,1-4H3,(H,19,20). The van der Waals surface area contributed by atoms with Crippen LogP contribution in [-0.4, -0.2) is 11.0 Å². The SMILES string of the molecule is Cc1ccccc1Nc1nc(C2(C)CC(C(C)C)C(=O)O2)cs1. The van der Waals surface area contributed by atoms with Gasteiger partial charge in [-0.1, -0.05) is 32.0 Å². The summed E-state index contributed by atoms with van der Waals surface area (Å²) >= 11 is 1.54. The lowest BCUT2D eigenvalue weighted by atomic mass is 9.87.